The van der Waals surface area contributed by atoms with Crippen molar-refractivity contribution in [2.75, 3.05) is 19.8 Å². The summed E-state index contributed by atoms with van der Waals surface area (Å²) in [5, 5.41) is 0. The van der Waals surface area contributed by atoms with E-state index in [-0.39, 0.29) is 16.2 Å². The number of hydrogen-bond acceptors (Lipinski definition) is 3. The molecule has 0 saturated heterocycles. The Morgan fingerprint density at radius 2 is 0.773 bits per heavy atom. The van der Waals surface area contributed by atoms with Crippen LogP contribution in [0, 0.1) is 16.2 Å². The van der Waals surface area contributed by atoms with Crippen LogP contribution in [0.1, 0.15) is 81.6 Å². The third-order valence-corrected chi connectivity index (χ3v) is 5.57. The Bertz CT molecular complexity index is 253. The molecule has 0 heterocycles. The van der Waals surface area contributed by atoms with Crippen molar-refractivity contribution < 1.29 is 13.6 Å². The van der Waals surface area contributed by atoms with Crippen LogP contribution in [-0.4, -0.2) is 19.8 Å². The van der Waals surface area contributed by atoms with Gasteiger partial charge in [-0.15, -0.1) is 0 Å². The molecule has 0 bridgehead atoms. The maximum Gasteiger partial charge on any atom is 0.332 e. The fourth-order valence-electron chi connectivity index (χ4n) is 1.10. The van der Waals surface area contributed by atoms with Crippen molar-refractivity contribution >= 4 is 8.60 Å². The van der Waals surface area contributed by atoms with Crippen LogP contribution in [0.25, 0.3) is 0 Å². The van der Waals surface area contributed by atoms with E-state index in [9.17, 15) is 0 Å². The normalized spacial score (nSPS) is 13.9. The second-order valence-corrected chi connectivity index (χ2v) is 9.82. The standard InChI is InChI=1S/C18H39O3P/c1-10-16(4,5)13-19-22(20-14-17(6,7)11-2)21-15-18(8,9)12-3/h10-15H2,1-9H3. The zero-order valence-corrected chi connectivity index (χ0v) is 17.3. The van der Waals surface area contributed by atoms with Gasteiger partial charge < -0.3 is 13.6 Å². The lowest BCUT2D eigenvalue weighted by Gasteiger charge is -2.30. The fourth-order valence-corrected chi connectivity index (χ4v) is 2.69. The molecule has 22 heavy (non-hydrogen) atoms. The highest BCUT2D eigenvalue weighted by Gasteiger charge is 2.26. The molecule has 0 aliphatic heterocycles. The zero-order valence-electron chi connectivity index (χ0n) is 16.4. The minimum atomic E-state index is -1.27. The second-order valence-electron chi connectivity index (χ2n) is 8.60. The molecule has 0 unspecified atom stereocenters. The highest BCUT2D eigenvalue weighted by atomic mass is 31.2. The van der Waals surface area contributed by atoms with Gasteiger partial charge in [0.25, 0.3) is 0 Å². The molecule has 0 saturated carbocycles. The molecule has 0 radical (unpaired) electrons. The van der Waals surface area contributed by atoms with Crippen LogP contribution in [0.3, 0.4) is 0 Å². The van der Waals surface area contributed by atoms with E-state index in [1.165, 1.54) is 0 Å². The predicted molar refractivity (Wildman–Crippen MR) is 97.0 cm³/mol. The van der Waals surface area contributed by atoms with Crippen molar-refractivity contribution in [3.63, 3.8) is 0 Å². The molecule has 0 N–H and O–H groups in total. The largest absolute Gasteiger partial charge is 0.332 e. The molecule has 0 aromatic carbocycles. The topological polar surface area (TPSA) is 27.7 Å². The minimum Gasteiger partial charge on any atom is -0.312 e. The Morgan fingerprint density at radius 3 is 0.955 bits per heavy atom. The molecular formula is C18H39O3P. The molecule has 0 aliphatic carbocycles. The lowest BCUT2D eigenvalue weighted by Crippen LogP contribution is -2.22. The molecule has 0 spiro atoms. The van der Waals surface area contributed by atoms with Crippen molar-refractivity contribution in [1.29, 1.82) is 0 Å². The third-order valence-electron chi connectivity index (χ3n) is 4.55. The molecule has 0 aliphatic rings. The first-order valence-corrected chi connectivity index (χ1v) is 9.75. The van der Waals surface area contributed by atoms with Crippen molar-refractivity contribution in [3.05, 3.63) is 0 Å². The van der Waals surface area contributed by atoms with Gasteiger partial charge in [-0.05, 0) is 35.5 Å². The quantitative estimate of drug-likeness (QED) is 0.378. The summed E-state index contributed by atoms with van der Waals surface area (Å²) in [7, 11) is -1.27. The molecule has 134 valence electrons. The molecule has 3 nitrogen and oxygen atoms in total. The van der Waals surface area contributed by atoms with Gasteiger partial charge in [0.15, 0.2) is 0 Å². The van der Waals surface area contributed by atoms with Crippen molar-refractivity contribution in [1.82, 2.24) is 0 Å². The van der Waals surface area contributed by atoms with E-state index in [4.69, 9.17) is 13.6 Å². The summed E-state index contributed by atoms with van der Waals surface area (Å²) >= 11 is 0. The van der Waals surface area contributed by atoms with Gasteiger partial charge in [-0.1, -0.05) is 62.3 Å². The van der Waals surface area contributed by atoms with E-state index in [0.717, 1.165) is 19.3 Å². The van der Waals surface area contributed by atoms with Gasteiger partial charge in [-0.2, -0.15) is 0 Å². The van der Waals surface area contributed by atoms with Gasteiger partial charge >= 0.3 is 8.60 Å². The van der Waals surface area contributed by atoms with Gasteiger partial charge in [0.1, 0.15) is 0 Å². The maximum absolute atomic E-state index is 6.00. The first kappa shape index (κ1) is 22.3. The molecule has 0 aromatic heterocycles. The average molecular weight is 334 g/mol. The fraction of sp³-hybridized carbons (Fsp3) is 1.00. The summed E-state index contributed by atoms with van der Waals surface area (Å²) < 4.78 is 18.0. The lowest BCUT2D eigenvalue weighted by molar-refractivity contribution is 0.0699. The summed E-state index contributed by atoms with van der Waals surface area (Å²) in [6, 6.07) is 0. The predicted octanol–water partition coefficient (Wildman–Crippen LogP) is 6.57. The van der Waals surface area contributed by atoms with Crippen molar-refractivity contribution in [3.8, 4) is 0 Å². The van der Waals surface area contributed by atoms with Gasteiger partial charge in [0.05, 0.1) is 19.8 Å². The summed E-state index contributed by atoms with van der Waals surface area (Å²) in [5.41, 5.74) is 0.482. The minimum absolute atomic E-state index is 0.161. The van der Waals surface area contributed by atoms with Crippen LogP contribution < -0.4 is 0 Å². The smallest absolute Gasteiger partial charge is 0.312 e. The van der Waals surface area contributed by atoms with Gasteiger partial charge in [-0.3, -0.25) is 0 Å². The maximum atomic E-state index is 6.00. The zero-order chi connectivity index (χ0) is 17.4. The SMILES string of the molecule is CCC(C)(C)COP(OCC(C)(C)CC)OCC(C)(C)CC. The Kier molecular flexibility index (Phi) is 9.70. The Balaban J connectivity index is 4.56. The first-order chi connectivity index (χ1) is 9.97. The molecule has 0 amide bonds. The third kappa shape index (κ3) is 10.2. The molecular weight excluding hydrogens is 295 g/mol. The van der Waals surface area contributed by atoms with Crippen LogP contribution in [0.5, 0.6) is 0 Å². The van der Waals surface area contributed by atoms with Crippen LogP contribution >= 0.6 is 8.60 Å². The summed E-state index contributed by atoms with van der Waals surface area (Å²) in [4.78, 5) is 0. The summed E-state index contributed by atoms with van der Waals surface area (Å²) in [5.74, 6) is 0. The molecule has 4 heteroatoms. The Morgan fingerprint density at radius 1 is 0.545 bits per heavy atom. The van der Waals surface area contributed by atoms with Crippen LogP contribution in [0.2, 0.25) is 0 Å². The molecule has 0 atom stereocenters. The second kappa shape index (κ2) is 9.57. The highest BCUT2D eigenvalue weighted by Crippen LogP contribution is 2.45. The van der Waals surface area contributed by atoms with E-state index in [0.29, 0.717) is 19.8 Å². The van der Waals surface area contributed by atoms with E-state index in [1.807, 2.05) is 0 Å². The van der Waals surface area contributed by atoms with Crippen molar-refractivity contribution in [2.45, 2.75) is 81.6 Å². The number of rotatable bonds is 12. The Hall–Kier alpha value is 0.310. The van der Waals surface area contributed by atoms with Crippen LogP contribution in [0.15, 0.2) is 0 Å². The Labute approximate surface area is 140 Å². The van der Waals surface area contributed by atoms with E-state index in [1.54, 1.807) is 0 Å². The van der Waals surface area contributed by atoms with Gasteiger partial charge in [-0.25, -0.2) is 0 Å². The highest BCUT2D eigenvalue weighted by molar-refractivity contribution is 7.41. The number of hydrogen-bond donors (Lipinski definition) is 0. The molecule has 0 rings (SSSR count). The lowest BCUT2D eigenvalue weighted by atomic mass is 9.92. The molecule has 0 aromatic rings. The monoisotopic (exact) mass is 334 g/mol. The van der Waals surface area contributed by atoms with E-state index >= 15 is 0 Å². The van der Waals surface area contributed by atoms with Crippen LogP contribution in [0.4, 0.5) is 0 Å². The van der Waals surface area contributed by atoms with E-state index < -0.39 is 8.60 Å². The van der Waals surface area contributed by atoms with Crippen LogP contribution in [-0.2, 0) is 13.6 Å². The summed E-state index contributed by atoms with van der Waals surface area (Å²) in [6.07, 6.45) is 3.24. The molecule has 0 fully saturated rings. The van der Waals surface area contributed by atoms with E-state index in [2.05, 4.69) is 62.3 Å². The van der Waals surface area contributed by atoms with Crippen molar-refractivity contribution in [2.24, 2.45) is 16.2 Å². The average Bonchev–Trinajstić information content (AvgIpc) is 2.46. The van der Waals surface area contributed by atoms with Gasteiger partial charge in [0, 0.05) is 0 Å². The summed E-state index contributed by atoms with van der Waals surface area (Å²) in [6.45, 7) is 21.9. The first-order valence-electron chi connectivity index (χ1n) is 8.66. The van der Waals surface area contributed by atoms with Gasteiger partial charge in [0.2, 0.25) is 0 Å².